The Bertz CT molecular complexity index is 486. The molecule has 0 saturated heterocycles. The van der Waals surface area contributed by atoms with Crippen molar-refractivity contribution in [2.45, 2.75) is 71.1 Å². The van der Waals surface area contributed by atoms with Crippen LogP contribution in [-0.4, -0.2) is 18.9 Å². The van der Waals surface area contributed by atoms with Crippen LogP contribution in [0.3, 0.4) is 0 Å². The van der Waals surface area contributed by atoms with Crippen molar-refractivity contribution in [2.24, 2.45) is 10.8 Å². The van der Waals surface area contributed by atoms with Crippen molar-refractivity contribution >= 4 is 12.2 Å². The predicted molar refractivity (Wildman–Crippen MR) is 104 cm³/mol. The van der Waals surface area contributed by atoms with Crippen molar-refractivity contribution in [2.75, 3.05) is 6.61 Å². The van der Waals surface area contributed by atoms with Gasteiger partial charge in [-0.15, -0.1) is 0 Å². The lowest BCUT2D eigenvalue weighted by Gasteiger charge is -2.06. The van der Waals surface area contributed by atoms with Crippen molar-refractivity contribution in [3.05, 3.63) is 29.8 Å². The number of hydrazone groups is 1. The average Bonchev–Trinajstić information content (AvgIpc) is 2.60. The zero-order valence-electron chi connectivity index (χ0n) is 15.5. The fourth-order valence-corrected chi connectivity index (χ4v) is 2.60. The maximum absolute atomic E-state index is 10.5. The number of benzene rings is 1. The van der Waals surface area contributed by atoms with Crippen LogP contribution in [0.5, 0.6) is 5.75 Å². The fourth-order valence-electron chi connectivity index (χ4n) is 2.60. The van der Waals surface area contributed by atoms with Gasteiger partial charge in [-0.3, -0.25) is 0 Å². The number of hydrogen-bond donors (Lipinski definition) is 2. The van der Waals surface area contributed by atoms with Gasteiger partial charge in [-0.2, -0.15) is 5.10 Å². The summed E-state index contributed by atoms with van der Waals surface area (Å²) in [5.74, 6) is 0.857. The molecule has 5 heteroatoms. The molecule has 0 saturated carbocycles. The number of primary amides is 1. The van der Waals surface area contributed by atoms with Gasteiger partial charge in [-0.1, -0.05) is 64.7 Å². The molecular formula is C20H33N3O2. The summed E-state index contributed by atoms with van der Waals surface area (Å²) < 4.78 is 5.74. The number of unbranched alkanes of at least 4 members (excludes halogenated alkanes) is 9. The van der Waals surface area contributed by atoms with Crippen molar-refractivity contribution in [1.82, 2.24) is 5.43 Å². The van der Waals surface area contributed by atoms with Crippen molar-refractivity contribution in [1.29, 1.82) is 0 Å². The summed E-state index contributed by atoms with van der Waals surface area (Å²) >= 11 is 0. The molecule has 0 heterocycles. The largest absolute Gasteiger partial charge is 0.494 e. The SMILES string of the molecule is CCCCCCCCCCCCOc1ccc(C=NNC(N)=O)cc1. The highest BCUT2D eigenvalue weighted by molar-refractivity contribution is 5.81. The zero-order chi connectivity index (χ0) is 18.2. The summed E-state index contributed by atoms with van der Waals surface area (Å²) in [6.07, 6.45) is 14.8. The Kier molecular flexibility index (Phi) is 12.0. The van der Waals surface area contributed by atoms with E-state index in [9.17, 15) is 4.79 Å². The molecule has 0 atom stereocenters. The first kappa shape index (κ1) is 21.0. The molecule has 25 heavy (non-hydrogen) atoms. The van der Waals surface area contributed by atoms with Crippen molar-refractivity contribution in [3.63, 3.8) is 0 Å². The van der Waals surface area contributed by atoms with Crippen molar-refractivity contribution in [3.8, 4) is 5.75 Å². The number of urea groups is 1. The molecule has 0 aliphatic heterocycles. The monoisotopic (exact) mass is 347 g/mol. The maximum atomic E-state index is 10.5. The van der Waals surface area contributed by atoms with E-state index in [-0.39, 0.29) is 0 Å². The molecular weight excluding hydrogens is 314 g/mol. The lowest BCUT2D eigenvalue weighted by molar-refractivity contribution is 0.249. The van der Waals surface area contributed by atoms with Crippen LogP contribution in [0, 0.1) is 0 Å². The van der Waals surface area contributed by atoms with E-state index >= 15 is 0 Å². The van der Waals surface area contributed by atoms with Crippen LogP contribution in [0.4, 0.5) is 4.79 Å². The highest BCUT2D eigenvalue weighted by atomic mass is 16.5. The lowest BCUT2D eigenvalue weighted by atomic mass is 10.1. The molecule has 0 bridgehead atoms. The molecule has 0 aromatic heterocycles. The van der Waals surface area contributed by atoms with E-state index in [1.165, 1.54) is 64.0 Å². The number of rotatable bonds is 14. The smallest absolute Gasteiger partial charge is 0.332 e. The molecule has 0 aliphatic carbocycles. The highest BCUT2D eigenvalue weighted by Gasteiger charge is 1.96. The van der Waals surface area contributed by atoms with Gasteiger partial charge in [-0.05, 0) is 36.2 Å². The van der Waals surface area contributed by atoms with E-state index in [4.69, 9.17) is 10.5 Å². The molecule has 5 nitrogen and oxygen atoms in total. The third-order valence-electron chi connectivity index (χ3n) is 4.04. The van der Waals surface area contributed by atoms with E-state index in [1.54, 1.807) is 0 Å². The third-order valence-corrected chi connectivity index (χ3v) is 4.04. The van der Waals surface area contributed by atoms with Gasteiger partial charge in [0, 0.05) is 0 Å². The summed E-state index contributed by atoms with van der Waals surface area (Å²) in [6.45, 7) is 3.02. The first-order valence-corrected chi connectivity index (χ1v) is 9.53. The van der Waals surface area contributed by atoms with E-state index < -0.39 is 6.03 Å². The van der Waals surface area contributed by atoms with Gasteiger partial charge >= 0.3 is 6.03 Å². The summed E-state index contributed by atoms with van der Waals surface area (Å²) in [5.41, 5.74) is 7.96. The minimum atomic E-state index is -0.673. The van der Waals surface area contributed by atoms with E-state index in [0.29, 0.717) is 0 Å². The summed E-state index contributed by atoms with van der Waals surface area (Å²) in [7, 11) is 0. The number of ether oxygens (including phenoxy) is 1. The van der Waals surface area contributed by atoms with Gasteiger partial charge in [0.25, 0.3) is 0 Å². The van der Waals surface area contributed by atoms with Crippen molar-refractivity contribution < 1.29 is 9.53 Å². The number of carbonyl (C=O) groups excluding carboxylic acids is 1. The van der Waals surface area contributed by atoms with Gasteiger partial charge in [-0.25, -0.2) is 10.2 Å². The fraction of sp³-hybridized carbons (Fsp3) is 0.600. The first-order valence-electron chi connectivity index (χ1n) is 9.53. The number of hydrogen-bond acceptors (Lipinski definition) is 3. The number of nitrogens with one attached hydrogen (secondary N) is 1. The molecule has 1 aromatic carbocycles. The lowest BCUT2D eigenvalue weighted by Crippen LogP contribution is -2.24. The number of amides is 2. The van der Waals surface area contributed by atoms with Gasteiger partial charge in [0.15, 0.2) is 0 Å². The molecule has 0 unspecified atom stereocenters. The van der Waals surface area contributed by atoms with Gasteiger partial charge in [0.1, 0.15) is 5.75 Å². The molecule has 1 rings (SSSR count). The Morgan fingerprint density at radius 2 is 1.56 bits per heavy atom. The minimum absolute atomic E-state index is 0.673. The van der Waals surface area contributed by atoms with E-state index in [2.05, 4.69) is 17.5 Å². The average molecular weight is 348 g/mol. The highest BCUT2D eigenvalue weighted by Crippen LogP contribution is 2.13. The Hall–Kier alpha value is -2.04. The molecule has 0 fully saturated rings. The van der Waals surface area contributed by atoms with Crippen LogP contribution in [0.1, 0.15) is 76.7 Å². The van der Waals surface area contributed by atoms with E-state index in [0.717, 1.165) is 24.3 Å². The Balaban J connectivity index is 2.01. The van der Waals surface area contributed by atoms with Gasteiger partial charge < -0.3 is 10.5 Å². The van der Waals surface area contributed by atoms with Gasteiger partial charge in [0.05, 0.1) is 12.8 Å². The van der Waals surface area contributed by atoms with Crippen LogP contribution in [-0.2, 0) is 0 Å². The van der Waals surface area contributed by atoms with Gasteiger partial charge in [0.2, 0.25) is 0 Å². The Morgan fingerprint density at radius 1 is 1.00 bits per heavy atom. The van der Waals surface area contributed by atoms with Crippen LogP contribution in [0.25, 0.3) is 0 Å². The molecule has 0 spiro atoms. The molecule has 0 radical (unpaired) electrons. The quantitative estimate of drug-likeness (QED) is 0.282. The molecule has 2 amide bonds. The standard InChI is InChI=1S/C20H33N3O2/c1-2-3-4-5-6-7-8-9-10-11-16-25-19-14-12-18(13-15-19)17-22-23-20(21)24/h12-15,17H,2-11,16H2,1H3,(H3,21,23,24). The number of carbonyl (C=O) groups is 1. The summed E-state index contributed by atoms with van der Waals surface area (Å²) in [4.78, 5) is 10.5. The second-order valence-corrected chi connectivity index (χ2v) is 6.33. The summed E-state index contributed by atoms with van der Waals surface area (Å²) in [6, 6.07) is 6.91. The van der Waals surface area contributed by atoms with Crippen LogP contribution >= 0.6 is 0 Å². The number of nitrogens with zero attached hydrogens (tertiary/aromatic N) is 1. The van der Waals surface area contributed by atoms with Crippen LogP contribution in [0.15, 0.2) is 29.4 Å². The van der Waals surface area contributed by atoms with Crippen LogP contribution in [0.2, 0.25) is 0 Å². The predicted octanol–water partition coefficient (Wildman–Crippen LogP) is 4.99. The molecule has 140 valence electrons. The second-order valence-electron chi connectivity index (χ2n) is 6.33. The first-order chi connectivity index (χ1) is 12.2. The maximum Gasteiger partial charge on any atom is 0.332 e. The molecule has 3 N–H and O–H groups in total. The Morgan fingerprint density at radius 3 is 2.12 bits per heavy atom. The normalized spacial score (nSPS) is 10.9. The second kappa shape index (κ2) is 14.3. The summed E-state index contributed by atoms with van der Waals surface area (Å²) in [5, 5.41) is 3.71. The topological polar surface area (TPSA) is 76.7 Å². The minimum Gasteiger partial charge on any atom is -0.494 e. The molecule has 1 aromatic rings. The third kappa shape index (κ3) is 12.0. The zero-order valence-corrected chi connectivity index (χ0v) is 15.5. The van der Waals surface area contributed by atoms with Crippen LogP contribution < -0.4 is 15.9 Å². The number of nitrogens with two attached hydrogens (primary N) is 1. The molecule has 0 aliphatic rings. The Labute approximate surface area is 152 Å². The van der Waals surface area contributed by atoms with E-state index in [1.807, 2.05) is 24.3 Å².